The van der Waals surface area contributed by atoms with Gasteiger partial charge in [0.1, 0.15) is 5.54 Å². The molecule has 1 fully saturated rings. The molecule has 0 aromatic carbocycles. The maximum Gasteiger partial charge on any atom is 0.328 e. The van der Waals surface area contributed by atoms with Gasteiger partial charge in [-0.05, 0) is 33.4 Å². The van der Waals surface area contributed by atoms with Gasteiger partial charge in [-0.25, -0.2) is 9.59 Å². The highest BCUT2D eigenvalue weighted by Crippen LogP contribution is 2.16. The number of nitrogens with one attached hydrogen (secondary N) is 1. The van der Waals surface area contributed by atoms with E-state index in [1.807, 2.05) is 0 Å². The molecule has 1 aliphatic rings. The number of hydrogen-bond acceptors (Lipinski definition) is 3. The van der Waals surface area contributed by atoms with E-state index in [1.165, 1.54) is 13.8 Å². The fourth-order valence-electron chi connectivity index (χ4n) is 2.36. The van der Waals surface area contributed by atoms with E-state index in [9.17, 15) is 9.59 Å². The lowest BCUT2D eigenvalue weighted by atomic mass is 10.1. The molecule has 0 radical (unpaired) electrons. The van der Waals surface area contributed by atoms with Gasteiger partial charge in [0.05, 0.1) is 0 Å². The van der Waals surface area contributed by atoms with E-state index in [0.717, 1.165) is 19.5 Å². The molecule has 0 aromatic heterocycles. The van der Waals surface area contributed by atoms with E-state index in [-0.39, 0.29) is 6.03 Å². The molecule has 2 amide bonds. The van der Waals surface area contributed by atoms with Crippen LogP contribution in [0.25, 0.3) is 0 Å². The van der Waals surface area contributed by atoms with Crippen LogP contribution in [0.4, 0.5) is 4.79 Å². The SMILES string of the molecule is CCN(CC)C1CCN(C(=O)NC(C)(C)C(=O)O)C1. The van der Waals surface area contributed by atoms with E-state index < -0.39 is 11.5 Å². The third kappa shape index (κ3) is 3.83. The highest BCUT2D eigenvalue weighted by atomic mass is 16.4. The van der Waals surface area contributed by atoms with Crippen molar-refractivity contribution in [2.45, 2.75) is 45.7 Å². The van der Waals surface area contributed by atoms with Crippen molar-refractivity contribution in [2.24, 2.45) is 0 Å². The van der Waals surface area contributed by atoms with Crippen molar-refractivity contribution in [1.29, 1.82) is 0 Å². The summed E-state index contributed by atoms with van der Waals surface area (Å²) in [4.78, 5) is 27.1. The van der Waals surface area contributed by atoms with Crippen LogP contribution >= 0.6 is 0 Å². The normalized spacial score (nSPS) is 19.8. The molecule has 110 valence electrons. The molecule has 0 spiro atoms. The number of likely N-dealkylation sites (N-methyl/N-ethyl adjacent to an activating group) is 1. The van der Waals surface area contributed by atoms with Crippen LogP contribution in [0.15, 0.2) is 0 Å². The first kappa shape index (κ1) is 15.8. The Kier molecular flexibility index (Phi) is 5.17. The fraction of sp³-hybridized carbons (Fsp3) is 0.846. The Labute approximate surface area is 114 Å². The van der Waals surface area contributed by atoms with Crippen molar-refractivity contribution < 1.29 is 14.7 Å². The second-order valence-electron chi connectivity index (χ2n) is 5.47. The number of carbonyl (C=O) groups excluding carboxylic acids is 1. The molecule has 1 heterocycles. The molecule has 6 heteroatoms. The summed E-state index contributed by atoms with van der Waals surface area (Å²) in [6.45, 7) is 10.5. The van der Waals surface area contributed by atoms with E-state index in [4.69, 9.17) is 5.11 Å². The molecule has 1 atom stereocenters. The highest BCUT2D eigenvalue weighted by molar-refractivity contribution is 5.85. The minimum Gasteiger partial charge on any atom is -0.480 e. The topological polar surface area (TPSA) is 72.9 Å². The van der Waals surface area contributed by atoms with Gasteiger partial charge >= 0.3 is 12.0 Å². The van der Waals surface area contributed by atoms with Crippen LogP contribution in [0, 0.1) is 0 Å². The predicted molar refractivity (Wildman–Crippen MR) is 73.1 cm³/mol. The zero-order chi connectivity index (χ0) is 14.6. The van der Waals surface area contributed by atoms with Crippen LogP contribution in [0.1, 0.15) is 34.1 Å². The maximum absolute atomic E-state index is 12.0. The van der Waals surface area contributed by atoms with Crippen molar-refractivity contribution in [1.82, 2.24) is 15.1 Å². The molecule has 1 saturated heterocycles. The third-order valence-corrected chi connectivity index (χ3v) is 3.73. The first-order valence-corrected chi connectivity index (χ1v) is 6.86. The molecule has 0 aliphatic carbocycles. The number of likely N-dealkylation sites (tertiary alicyclic amines) is 1. The number of carbonyl (C=O) groups is 2. The molecule has 0 bridgehead atoms. The monoisotopic (exact) mass is 271 g/mol. The second-order valence-corrected chi connectivity index (χ2v) is 5.47. The van der Waals surface area contributed by atoms with Gasteiger partial charge in [0.15, 0.2) is 0 Å². The summed E-state index contributed by atoms with van der Waals surface area (Å²) in [5, 5.41) is 11.6. The lowest BCUT2D eigenvalue weighted by molar-refractivity contribution is -0.143. The average molecular weight is 271 g/mol. The number of hydrogen-bond donors (Lipinski definition) is 2. The first-order valence-electron chi connectivity index (χ1n) is 6.86. The molecule has 1 rings (SSSR count). The van der Waals surface area contributed by atoms with Gasteiger partial charge in [-0.15, -0.1) is 0 Å². The number of rotatable bonds is 5. The van der Waals surface area contributed by atoms with Crippen molar-refractivity contribution >= 4 is 12.0 Å². The van der Waals surface area contributed by atoms with Crippen LogP contribution < -0.4 is 5.32 Å². The van der Waals surface area contributed by atoms with Gasteiger partial charge in [0.25, 0.3) is 0 Å². The Bertz CT molecular complexity index is 340. The quantitative estimate of drug-likeness (QED) is 0.781. The van der Waals surface area contributed by atoms with Gasteiger partial charge in [-0.3, -0.25) is 4.90 Å². The molecule has 1 aliphatic heterocycles. The third-order valence-electron chi connectivity index (χ3n) is 3.73. The Morgan fingerprint density at radius 2 is 1.95 bits per heavy atom. The molecule has 6 nitrogen and oxygen atoms in total. The molecular weight excluding hydrogens is 246 g/mol. The van der Waals surface area contributed by atoms with Crippen LogP contribution in [0.3, 0.4) is 0 Å². The van der Waals surface area contributed by atoms with Gasteiger partial charge in [0.2, 0.25) is 0 Å². The average Bonchev–Trinajstić information content (AvgIpc) is 2.79. The summed E-state index contributed by atoms with van der Waals surface area (Å²) < 4.78 is 0. The van der Waals surface area contributed by atoms with Crippen LogP contribution in [-0.4, -0.2) is 64.7 Å². The Balaban J connectivity index is 2.55. The van der Waals surface area contributed by atoms with Crippen molar-refractivity contribution in [3.8, 4) is 0 Å². The van der Waals surface area contributed by atoms with Crippen LogP contribution in [0.2, 0.25) is 0 Å². The van der Waals surface area contributed by atoms with Gasteiger partial charge in [-0.1, -0.05) is 13.8 Å². The smallest absolute Gasteiger partial charge is 0.328 e. The lowest BCUT2D eigenvalue weighted by Crippen LogP contribution is -2.54. The summed E-state index contributed by atoms with van der Waals surface area (Å²) in [6, 6.07) is 0.0933. The van der Waals surface area contributed by atoms with Gasteiger partial charge in [-0.2, -0.15) is 0 Å². The molecule has 0 saturated carbocycles. The number of amides is 2. The van der Waals surface area contributed by atoms with E-state index in [2.05, 4.69) is 24.1 Å². The summed E-state index contributed by atoms with van der Waals surface area (Å²) in [5.41, 5.74) is -1.23. The molecule has 19 heavy (non-hydrogen) atoms. The van der Waals surface area contributed by atoms with E-state index in [1.54, 1.807) is 4.90 Å². The number of urea groups is 1. The number of carboxylic acid groups (broad SMARTS) is 1. The van der Waals surface area contributed by atoms with Crippen molar-refractivity contribution in [3.05, 3.63) is 0 Å². The van der Waals surface area contributed by atoms with Crippen LogP contribution in [0.5, 0.6) is 0 Å². The standard InChI is InChI=1S/C13H25N3O3/c1-5-15(6-2)10-7-8-16(9-10)12(19)14-13(3,4)11(17)18/h10H,5-9H2,1-4H3,(H,14,19)(H,17,18). The van der Waals surface area contributed by atoms with Gasteiger partial charge in [0, 0.05) is 19.1 Å². The number of carboxylic acids is 1. The predicted octanol–water partition coefficient (Wildman–Crippen LogP) is 0.975. The van der Waals surface area contributed by atoms with Crippen LogP contribution in [-0.2, 0) is 4.79 Å². The number of nitrogens with zero attached hydrogens (tertiary/aromatic N) is 2. The minimum absolute atomic E-state index is 0.290. The van der Waals surface area contributed by atoms with E-state index in [0.29, 0.717) is 19.1 Å². The van der Waals surface area contributed by atoms with Gasteiger partial charge < -0.3 is 15.3 Å². The van der Waals surface area contributed by atoms with E-state index >= 15 is 0 Å². The summed E-state index contributed by atoms with van der Waals surface area (Å²) >= 11 is 0. The Morgan fingerprint density at radius 1 is 1.37 bits per heavy atom. The summed E-state index contributed by atoms with van der Waals surface area (Å²) in [7, 11) is 0. The van der Waals surface area contributed by atoms with Crippen molar-refractivity contribution in [3.63, 3.8) is 0 Å². The zero-order valence-corrected chi connectivity index (χ0v) is 12.3. The fourth-order valence-corrected chi connectivity index (χ4v) is 2.36. The zero-order valence-electron chi connectivity index (χ0n) is 12.3. The Hall–Kier alpha value is -1.30. The second kappa shape index (κ2) is 6.23. The largest absolute Gasteiger partial charge is 0.480 e. The molecular formula is C13H25N3O3. The lowest BCUT2D eigenvalue weighted by Gasteiger charge is -2.28. The minimum atomic E-state index is -1.23. The number of aliphatic carboxylic acids is 1. The van der Waals surface area contributed by atoms with Crippen molar-refractivity contribution in [2.75, 3.05) is 26.2 Å². The molecule has 0 aromatic rings. The highest BCUT2D eigenvalue weighted by Gasteiger charge is 2.34. The first-order chi connectivity index (χ1) is 8.81. The summed E-state index contributed by atoms with van der Waals surface area (Å²) in [5.74, 6) is -1.03. The maximum atomic E-state index is 12.0. The molecule has 2 N–H and O–H groups in total. The molecule has 1 unspecified atom stereocenters. The summed E-state index contributed by atoms with van der Waals surface area (Å²) in [6.07, 6.45) is 0.947. The Morgan fingerprint density at radius 3 is 2.42 bits per heavy atom.